The Hall–Kier alpha value is -2.28. The molecule has 0 amide bonds. The van der Waals surface area contributed by atoms with Crippen LogP contribution in [0, 0.1) is 12.8 Å². The Bertz CT molecular complexity index is 961. The maximum Gasteiger partial charge on any atom is 0.339 e. The van der Waals surface area contributed by atoms with Crippen LogP contribution in [0.2, 0.25) is 0 Å². The summed E-state index contributed by atoms with van der Waals surface area (Å²) in [5.74, 6) is -1.21. The molecule has 1 saturated heterocycles. The van der Waals surface area contributed by atoms with Gasteiger partial charge in [-0.15, -0.1) is 0 Å². The van der Waals surface area contributed by atoms with Crippen LogP contribution in [0.15, 0.2) is 29.3 Å². The molecule has 4 rings (SSSR count). The van der Waals surface area contributed by atoms with Gasteiger partial charge in [0.25, 0.3) is 0 Å². The van der Waals surface area contributed by atoms with Gasteiger partial charge in [-0.3, -0.25) is 4.99 Å². The van der Waals surface area contributed by atoms with Crippen molar-refractivity contribution in [1.82, 2.24) is 0 Å². The standard InChI is InChI=1S/C25H31NO5/c1-14-9-10-19(27)23-20(30-25(4,5)31-23)8-6-7-18-21(24(28)29-16(14)3)15(2)13-17-11-12-26-22(17)18/h6-7,9-10,12-14,16,19-20,23,27H,8,11H2,1-5H3/b7-6+,10-9-/t14-,16+,19?,20+,23-/m1/s1. The fraction of sp³-hybridized carbons (Fsp3) is 0.520. The van der Waals surface area contributed by atoms with Crippen molar-refractivity contribution in [1.29, 1.82) is 0 Å². The highest BCUT2D eigenvalue weighted by Crippen LogP contribution is 2.37. The highest BCUT2D eigenvalue weighted by Gasteiger charge is 2.43. The van der Waals surface area contributed by atoms with E-state index in [2.05, 4.69) is 4.99 Å². The number of aliphatic hydroxyl groups excluding tert-OH is 1. The molecular formula is C25H31NO5. The summed E-state index contributed by atoms with van der Waals surface area (Å²) in [7, 11) is 0. The number of carbonyl (C=O) groups is 1. The number of carbonyl (C=O) groups excluding carboxylic acids is 1. The fourth-order valence-electron chi connectivity index (χ4n) is 4.43. The van der Waals surface area contributed by atoms with Gasteiger partial charge in [-0.05, 0) is 45.2 Å². The van der Waals surface area contributed by atoms with Gasteiger partial charge in [0.05, 0.1) is 17.4 Å². The van der Waals surface area contributed by atoms with Crippen molar-refractivity contribution in [2.24, 2.45) is 10.9 Å². The molecule has 1 fully saturated rings. The number of benzene rings is 1. The predicted octanol–water partition coefficient (Wildman–Crippen LogP) is 4.29. The summed E-state index contributed by atoms with van der Waals surface area (Å²) < 4.78 is 17.9. The van der Waals surface area contributed by atoms with Gasteiger partial charge in [0.2, 0.25) is 0 Å². The van der Waals surface area contributed by atoms with E-state index in [-0.39, 0.29) is 24.1 Å². The monoisotopic (exact) mass is 425 g/mol. The zero-order valence-corrected chi connectivity index (χ0v) is 18.8. The van der Waals surface area contributed by atoms with E-state index in [1.165, 1.54) is 0 Å². The van der Waals surface area contributed by atoms with E-state index in [0.29, 0.717) is 12.0 Å². The van der Waals surface area contributed by atoms with Gasteiger partial charge in [-0.25, -0.2) is 4.79 Å². The lowest BCUT2D eigenvalue weighted by atomic mass is 9.94. The van der Waals surface area contributed by atoms with Crippen molar-refractivity contribution in [3.8, 4) is 0 Å². The molecule has 0 bridgehead atoms. The van der Waals surface area contributed by atoms with E-state index in [4.69, 9.17) is 14.2 Å². The van der Waals surface area contributed by atoms with E-state index in [0.717, 1.165) is 28.8 Å². The number of cyclic esters (lactones) is 1. The zero-order valence-electron chi connectivity index (χ0n) is 18.8. The van der Waals surface area contributed by atoms with Crippen molar-refractivity contribution < 1.29 is 24.1 Å². The van der Waals surface area contributed by atoms with Gasteiger partial charge in [-0.2, -0.15) is 0 Å². The second-order valence-corrected chi connectivity index (χ2v) is 9.13. The van der Waals surface area contributed by atoms with Crippen LogP contribution >= 0.6 is 0 Å². The molecule has 1 aromatic carbocycles. The lowest BCUT2D eigenvalue weighted by Gasteiger charge is -2.23. The summed E-state index contributed by atoms with van der Waals surface area (Å²) in [4.78, 5) is 17.7. The normalized spacial score (nSPS) is 34.3. The summed E-state index contributed by atoms with van der Waals surface area (Å²) in [5.41, 5.74) is 4.13. The van der Waals surface area contributed by atoms with Gasteiger partial charge in [0.1, 0.15) is 18.3 Å². The summed E-state index contributed by atoms with van der Waals surface area (Å²) in [5, 5.41) is 10.8. The van der Waals surface area contributed by atoms with Gasteiger partial charge >= 0.3 is 5.97 Å². The SMILES string of the molecule is Cc1cc2c(c3c1C(=O)O[C@@H](C)[C@H](C)/C=C\C(O)[C@H]1OC(C)(C)O[C@H]1C/C=C/3)N=CC2. The molecule has 1 unspecified atom stereocenters. The molecule has 31 heavy (non-hydrogen) atoms. The first kappa shape index (κ1) is 21.9. The highest BCUT2D eigenvalue weighted by molar-refractivity contribution is 5.99. The van der Waals surface area contributed by atoms with Gasteiger partial charge in [0, 0.05) is 24.1 Å². The van der Waals surface area contributed by atoms with Crippen molar-refractivity contribution >= 4 is 23.9 Å². The minimum absolute atomic E-state index is 0.0814. The molecule has 0 aromatic heterocycles. The second-order valence-electron chi connectivity index (χ2n) is 9.13. The number of aryl methyl sites for hydroxylation is 1. The number of hydrogen-bond acceptors (Lipinski definition) is 6. The van der Waals surface area contributed by atoms with Crippen LogP contribution in [-0.4, -0.2) is 47.5 Å². The van der Waals surface area contributed by atoms with Crippen molar-refractivity contribution in [3.05, 3.63) is 46.5 Å². The maximum atomic E-state index is 13.2. The number of hydrogen-bond donors (Lipinski definition) is 1. The molecule has 0 saturated carbocycles. The molecule has 1 aromatic rings. The number of nitrogens with zero attached hydrogens (tertiary/aromatic N) is 1. The van der Waals surface area contributed by atoms with E-state index >= 15 is 0 Å². The van der Waals surface area contributed by atoms with E-state index in [1.807, 2.05) is 65.1 Å². The topological polar surface area (TPSA) is 77.4 Å². The number of esters is 1. The first-order chi connectivity index (χ1) is 14.7. The smallest absolute Gasteiger partial charge is 0.339 e. The Morgan fingerprint density at radius 1 is 1.19 bits per heavy atom. The Morgan fingerprint density at radius 3 is 2.74 bits per heavy atom. The molecule has 5 atom stereocenters. The number of rotatable bonds is 0. The predicted molar refractivity (Wildman–Crippen MR) is 120 cm³/mol. The first-order valence-corrected chi connectivity index (χ1v) is 10.9. The van der Waals surface area contributed by atoms with Crippen LogP contribution < -0.4 is 0 Å². The third-order valence-corrected chi connectivity index (χ3v) is 6.21. The minimum Gasteiger partial charge on any atom is -0.458 e. The van der Waals surface area contributed by atoms with Crippen LogP contribution in [0.25, 0.3) is 6.08 Å². The first-order valence-electron chi connectivity index (χ1n) is 10.9. The van der Waals surface area contributed by atoms with Crippen LogP contribution in [0.5, 0.6) is 0 Å². The van der Waals surface area contributed by atoms with Crippen LogP contribution in [-0.2, 0) is 20.6 Å². The lowest BCUT2D eigenvalue weighted by molar-refractivity contribution is -0.152. The van der Waals surface area contributed by atoms with E-state index < -0.39 is 18.0 Å². The van der Waals surface area contributed by atoms with Gasteiger partial charge in [-0.1, -0.05) is 37.3 Å². The third kappa shape index (κ3) is 4.38. The van der Waals surface area contributed by atoms with Crippen molar-refractivity contribution in [2.75, 3.05) is 0 Å². The fourth-order valence-corrected chi connectivity index (χ4v) is 4.43. The molecule has 3 aliphatic rings. The molecule has 3 aliphatic heterocycles. The van der Waals surface area contributed by atoms with E-state index in [9.17, 15) is 9.90 Å². The maximum absolute atomic E-state index is 13.2. The van der Waals surface area contributed by atoms with Gasteiger partial charge in [0.15, 0.2) is 5.79 Å². The number of ether oxygens (including phenoxy) is 3. The molecule has 3 heterocycles. The number of fused-ring (bicyclic) bond motifs is 4. The average Bonchev–Trinajstić information content (AvgIpc) is 3.28. The minimum atomic E-state index is -0.822. The Kier molecular flexibility index (Phi) is 5.90. The van der Waals surface area contributed by atoms with Crippen LogP contribution in [0.1, 0.15) is 61.2 Å². The lowest BCUT2D eigenvalue weighted by Crippen LogP contribution is -2.34. The van der Waals surface area contributed by atoms with E-state index in [1.54, 1.807) is 6.08 Å². The summed E-state index contributed by atoms with van der Waals surface area (Å²) in [6.07, 6.45) is 8.67. The molecular weight excluding hydrogens is 394 g/mol. The van der Waals surface area contributed by atoms with Crippen molar-refractivity contribution in [2.45, 2.75) is 77.7 Å². The van der Waals surface area contributed by atoms with Gasteiger partial charge < -0.3 is 19.3 Å². The Balaban J connectivity index is 1.78. The third-order valence-electron chi connectivity index (χ3n) is 6.21. The molecule has 0 radical (unpaired) electrons. The molecule has 166 valence electrons. The number of aliphatic hydroxyl groups is 1. The molecule has 6 nitrogen and oxygen atoms in total. The highest BCUT2D eigenvalue weighted by atomic mass is 16.8. The quantitative estimate of drug-likeness (QED) is 0.496. The molecule has 0 aliphatic carbocycles. The second kappa shape index (κ2) is 8.34. The Labute approximate surface area is 183 Å². The van der Waals surface area contributed by atoms with Crippen LogP contribution in [0.3, 0.4) is 0 Å². The largest absolute Gasteiger partial charge is 0.458 e. The zero-order chi connectivity index (χ0) is 22.3. The average molecular weight is 426 g/mol. The van der Waals surface area contributed by atoms with Crippen LogP contribution in [0.4, 0.5) is 5.69 Å². The Morgan fingerprint density at radius 2 is 1.97 bits per heavy atom. The number of aliphatic imine (C=N–C) groups is 1. The summed E-state index contributed by atoms with van der Waals surface area (Å²) in [6.45, 7) is 9.47. The van der Waals surface area contributed by atoms with Crippen molar-refractivity contribution in [3.63, 3.8) is 0 Å². The molecule has 1 N–H and O–H groups in total. The molecule has 6 heteroatoms. The molecule has 0 spiro atoms. The summed E-state index contributed by atoms with van der Waals surface area (Å²) in [6, 6.07) is 2.02. The summed E-state index contributed by atoms with van der Waals surface area (Å²) >= 11 is 0.